The average Bonchev–Trinajstić information content (AvgIpc) is 3.41. The van der Waals surface area contributed by atoms with Gasteiger partial charge in [0.1, 0.15) is 12.1 Å². The van der Waals surface area contributed by atoms with Crippen LogP contribution in [-0.4, -0.2) is 23.1 Å². The number of hydrogen-bond acceptors (Lipinski definition) is 4. The molecule has 0 bridgehead atoms. The Kier molecular flexibility index (Phi) is 3.62. The molecule has 2 aliphatic rings. The Morgan fingerprint density at radius 1 is 1.23 bits per heavy atom. The van der Waals surface area contributed by atoms with Gasteiger partial charge in [0.15, 0.2) is 5.82 Å². The van der Waals surface area contributed by atoms with Gasteiger partial charge in [-0.05, 0) is 55.1 Å². The maximum atomic E-state index is 14.3. The van der Waals surface area contributed by atoms with E-state index in [2.05, 4.69) is 32.7 Å². The van der Waals surface area contributed by atoms with Crippen molar-refractivity contribution < 1.29 is 4.39 Å². The van der Waals surface area contributed by atoms with Gasteiger partial charge in [-0.2, -0.15) is 0 Å². The number of nitrogens with one attached hydrogen (secondary N) is 2. The van der Waals surface area contributed by atoms with Crippen LogP contribution in [0.1, 0.15) is 18.4 Å². The normalized spacial score (nSPS) is 24.3. The summed E-state index contributed by atoms with van der Waals surface area (Å²) in [7, 11) is 0. The van der Waals surface area contributed by atoms with Gasteiger partial charge in [0.05, 0.1) is 16.2 Å². The highest BCUT2D eigenvalue weighted by molar-refractivity contribution is 6.31. The number of aromatic nitrogens is 2. The van der Waals surface area contributed by atoms with E-state index in [1.165, 1.54) is 30.8 Å². The molecule has 0 spiro atoms. The summed E-state index contributed by atoms with van der Waals surface area (Å²) in [5.41, 5.74) is 2.70. The molecule has 1 saturated heterocycles. The van der Waals surface area contributed by atoms with E-state index in [1.54, 1.807) is 12.1 Å². The number of benzene rings is 2. The van der Waals surface area contributed by atoms with Crippen molar-refractivity contribution in [3.8, 4) is 0 Å². The van der Waals surface area contributed by atoms with Crippen LogP contribution in [-0.2, 0) is 5.41 Å². The second-order valence-corrected chi connectivity index (χ2v) is 7.61. The quantitative estimate of drug-likeness (QED) is 0.718. The van der Waals surface area contributed by atoms with Crippen molar-refractivity contribution in [1.82, 2.24) is 15.3 Å². The maximum Gasteiger partial charge on any atom is 0.165 e. The second kappa shape index (κ2) is 5.89. The van der Waals surface area contributed by atoms with Gasteiger partial charge in [0.25, 0.3) is 0 Å². The minimum absolute atomic E-state index is 0.0852. The molecule has 4 nitrogen and oxygen atoms in total. The van der Waals surface area contributed by atoms with Crippen molar-refractivity contribution in [2.75, 3.05) is 18.4 Å². The van der Waals surface area contributed by atoms with Crippen LogP contribution in [0.4, 0.5) is 15.9 Å². The Bertz CT molecular complexity index is 1010. The fourth-order valence-corrected chi connectivity index (χ4v) is 4.39. The van der Waals surface area contributed by atoms with Crippen molar-refractivity contribution in [2.45, 2.75) is 18.3 Å². The van der Waals surface area contributed by atoms with E-state index < -0.39 is 5.82 Å². The molecule has 0 radical (unpaired) electrons. The second-order valence-electron chi connectivity index (χ2n) is 7.20. The van der Waals surface area contributed by atoms with Crippen LogP contribution >= 0.6 is 11.6 Å². The number of halogens is 2. The van der Waals surface area contributed by atoms with Crippen LogP contribution in [0, 0.1) is 11.7 Å². The highest BCUT2D eigenvalue weighted by Gasteiger charge is 2.55. The van der Waals surface area contributed by atoms with E-state index in [1.807, 2.05) is 6.07 Å². The van der Waals surface area contributed by atoms with Crippen molar-refractivity contribution >= 4 is 34.0 Å². The number of hydrogen-bond donors (Lipinski definition) is 2. The Morgan fingerprint density at radius 2 is 2.15 bits per heavy atom. The lowest BCUT2D eigenvalue weighted by molar-refractivity contribution is 0.447. The van der Waals surface area contributed by atoms with Crippen LogP contribution in [0.3, 0.4) is 0 Å². The van der Waals surface area contributed by atoms with E-state index in [4.69, 9.17) is 11.6 Å². The van der Waals surface area contributed by atoms with Crippen LogP contribution in [0.15, 0.2) is 42.7 Å². The van der Waals surface area contributed by atoms with Gasteiger partial charge in [-0.1, -0.05) is 23.7 Å². The lowest BCUT2D eigenvalue weighted by atomic mass is 9.89. The predicted octanol–water partition coefficient (Wildman–Crippen LogP) is 4.42. The minimum Gasteiger partial charge on any atom is -0.337 e. The molecular formula is C20H18ClFN4. The lowest BCUT2D eigenvalue weighted by Crippen LogP contribution is -2.34. The molecule has 5 rings (SSSR count). The van der Waals surface area contributed by atoms with E-state index in [0.717, 1.165) is 29.9 Å². The highest BCUT2D eigenvalue weighted by atomic mass is 35.5. The van der Waals surface area contributed by atoms with Gasteiger partial charge in [-0.3, -0.25) is 0 Å². The topological polar surface area (TPSA) is 49.8 Å². The fraction of sp³-hybridized carbons (Fsp3) is 0.300. The average molecular weight is 369 g/mol. The van der Waals surface area contributed by atoms with E-state index in [0.29, 0.717) is 11.5 Å². The Hall–Kier alpha value is -2.24. The van der Waals surface area contributed by atoms with E-state index in [-0.39, 0.29) is 10.4 Å². The number of rotatable bonds is 3. The summed E-state index contributed by atoms with van der Waals surface area (Å²) in [5.74, 6) is 0.873. The zero-order valence-corrected chi connectivity index (χ0v) is 14.9. The van der Waals surface area contributed by atoms with Gasteiger partial charge in [-0.25, -0.2) is 14.4 Å². The van der Waals surface area contributed by atoms with Crippen LogP contribution in [0.5, 0.6) is 0 Å². The molecular weight excluding hydrogens is 351 g/mol. The Balaban J connectivity index is 1.58. The largest absolute Gasteiger partial charge is 0.337 e. The molecule has 2 heterocycles. The number of anilines is 2. The van der Waals surface area contributed by atoms with Gasteiger partial charge in [0.2, 0.25) is 0 Å². The van der Waals surface area contributed by atoms with Gasteiger partial charge >= 0.3 is 0 Å². The molecule has 1 aromatic heterocycles. The third-order valence-electron chi connectivity index (χ3n) is 5.76. The third kappa shape index (κ3) is 2.46. The number of piperidine rings is 1. The molecule has 0 amide bonds. The summed E-state index contributed by atoms with van der Waals surface area (Å²) in [4.78, 5) is 8.71. The van der Waals surface area contributed by atoms with Gasteiger partial charge in [0, 0.05) is 17.3 Å². The molecule has 26 heavy (non-hydrogen) atoms. The molecule has 3 aromatic rings. The summed E-state index contributed by atoms with van der Waals surface area (Å²) in [5, 5.41) is 7.59. The van der Waals surface area contributed by atoms with Crippen molar-refractivity contribution in [3.05, 3.63) is 59.1 Å². The fourth-order valence-electron chi connectivity index (χ4n) is 4.21. The summed E-state index contributed by atoms with van der Waals surface area (Å²) >= 11 is 5.89. The molecule has 2 aromatic carbocycles. The molecule has 2 fully saturated rings. The number of nitrogens with zero attached hydrogens (tertiary/aromatic N) is 2. The first-order valence-electron chi connectivity index (χ1n) is 8.84. The van der Waals surface area contributed by atoms with E-state index >= 15 is 0 Å². The Labute approximate surface area is 155 Å². The van der Waals surface area contributed by atoms with Crippen molar-refractivity contribution in [3.63, 3.8) is 0 Å². The maximum absolute atomic E-state index is 14.3. The molecule has 2 N–H and O–H groups in total. The monoisotopic (exact) mass is 368 g/mol. The van der Waals surface area contributed by atoms with Crippen LogP contribution < -0.4 is 10.6 Å². The first kappa shape index (κ1) is 16.0. The SMILES string of the molecule is Fc1c(Cl)cccc1Nc1ncnc2ccc([C@@]34CNCCC3C4)cc12. The molecule has 2 atom stereocenters. The molecule has 1 unspecified atom stereocenters. The molecule has 1 saturated carbocycles. The molecule has 132 valence electrons. The zero-order chi connectivity index (χ0) is 17.7. The van der Waals surface area contributed by atoms with E-state index in [9.17, 15) is 4.39 Å². The Morgan fingerprint density at radius 3 is 3.04 bits per heavy atom. The predicted molar refractivity (Wildman–Crippen MR) is 102 cm³/mol. The standard InChI is InChI=1S/C20H18ClFN4/c21-15-2-1-3-17(18(15)22)26-19-14-8-12(4-5-16(14)24-11-25-19)20-9-13(20)6-7-23-10-20/h1-5,8,11,13,23H,6-7,9-10H2,(H,24,25,26)/t13?,20-/m1/s1. The molecule has 6 heteroatoms. The summed E-state index contributed by atoms with van der Waals surface area (Å²) in [6.07, 6.45) is 3.94. The van der Waals surface area contributed by atoms with Crippen LogP contribution in [0.25, 0.3) is 10.9 Å². The number of fused-ring (bicyclic) bond motifs is 2. The van der Waals surface area contributed by atoms with Gasteiger partial charge in [-0.15, -0.1) is 0 Å². The lowest BCUT2D eigenvalue weighted by Gasteiger charge is -2.24. The van der Waals surface area contributed by atoms with Crippen LogP contribution in [0.2, 0.25) is 5.02 Å². The zero-order valence-electron chi connectivity index (χ0n) is 14.1. The molecule has 1 aliphatic carbocycles. The smallest absolute Gasteiger partial charge is 0.165 e. The third-order valence-corrected chi connectivity index (χ3v) is 6.05. The van der Waals surface area contributed by atoms with Crippen molar-refractivity contribution in [1.29, 1.82) is 0 Å². The first-order chi connectivity index (χ1) is 12.7. The summed E-state index contributed by atoms with van der Waals surface area (Å²) < 4.78 is 14.3. The van der Waals surface area contributed by atoms with Gasteiger partial charge < -0.3 is 10.6 Å². The highest BCUT2D eigenvalue weighted by Crippen LogP contribution is 2.57. The molecule has 1 aliphatic heterocycles. The minimum atomic E-state index is -0.477. The first-order valence-corrected chi connectivity index (χ1v) is 9.22. The van der Waals surface area contributed by atoms with Crippen molar-refractivity contribution in [2.24, 2.45) is 5.92 Å². The summed E-state index contributed by atoms with van der Waals surface area (Å²) in [6, 6.07) is 11.3. The summed E-state index contributed by atoms with van der Waals surface area (Å²) in [6.45, 7) is 2.12.